The molecule has 19 heavy (non-hydrogen) atoms. The lowest BCUT2D eigenvalue weighted by molar-refractivity contribution is -0.122. The van der Waals surface area contributed by atoms with Gasteiger partial charge in [0.15, 0.2) is 0 Å². The number of rotatable bonds is 1. The Bertz CT molecular complexity index is 577. The Balaban J connectivity index is 2.08. The number of hydrogen-bond donors (Lipinski definition) is 0. The third-order valence-corrected chi connectivity index (χ3v) is 3.91. The maximum Gasteiger partial charge on any atom is 0.242 e. The van der Waals surface area contributed by atoms with Crippen molar-refractivity contribution >= 4 is 17.5 Å². The minimum absolute atomic E-state index is 0.109. The first kappa shape index (κ1) is 11.9. The summed E-state index contributed by atoms with van der Waals surface area (Å²) in [5.74, 6) is -0.861. The Morgan fingerprint density at radius 1 is 0.842 bits per heavy atom. The largest absolute Gasteiger partial charge is 0.273 e. The van der Waals surface area contributed by atoms with Gasteiger partial charge in [0, 0.05) is 0 Å². The van der Waals surface area contributed by atoms with Crippen LogP contribution in [0.5, 0.6) is 0 Å². The second kappa shape index (κ2) is 4.19. The molecule has 1 aliphatic heterocycles. The predicted molar refractivity (Wildman–Crippen MR) is 73.4 cm³/mol. The van der Waals surface area contributed by atoms with Gasteiger partial charge in [0.25, 0.3) is 0 Å². The SMILES string of the molecule is CC1=CC=C(C)C2C(=O)N(c3ccccc3)C(=O)C12. The highest BCUT2D eigenvalue weighted by Gasteiger charge is 2.50. The van der Waals surface area contributed by atoms with Crippen LogP contribution in [-0.4, -0.2) is 11.8 Å². The zero-order valence-corrected chi connectivity index (χ0v) is 11.0. The van der Waals surface area contributed by atoms with Crippen molar-refractivity contribution in [1.82, 2.24) is 0 Å². The van der Waals surface area contributed by atoms with Gasteiger partial charge in [-0.3, -0.25) is 9.59 Å². The number of hydrogen-bond acceptors (Lipinski definition) is 2. The zero-order chi connectivity index (χ0) is 13.6. The van der Waals surface area contributed by atoms with Gasteiger partial charge in [-0.15, -0.1) is 0 Å². The van der Waals surface area contributed by atoms with Crippen LogP contribution in [0.25, 0.3) is 0 Å². The molecule has 1 aromatic rings. The van der Waals surface area contributed by atoms with Crippen molar-refractivity contribution in [2.45, 2.75) is 13.8 Å². The van der Waals surface area contributed by atoms with Gasteiger partial charge in [0.2, 0.25) is 11.8 Å². The van der Waals surface area contributed by atoms with Gasteiger partial charge in [-0.1, -0.05) is 41.5 Å². The topological polar surface area (TPSA) is 37.4 Å². The average Bonchev–Trinajstić information content (AvgIpc) is 2.68. The van der Waals surface area contributed by atoms with Crippen LogP contribution in [0.1, 0.15) is 13.8 Å². The number of nitrogens with zero attached hydrogens (tertiary/aromatic N) is 1. The standard InChI is InChI=1S/C16H15NO2/c1-10-8-9-11(2)14-13(10)15(18)17(16(14)19)12-6-4-3-5-7-12/h3-9,13-14H,1-2H3. The molecule has 0 spiro atoms. The molecule has 3 heteroatoms. The molecule has 3 rings (SSSR count). The number of benzene rings is 1. The Morgan fingerprint density at radius 3 is 1.79 bits per heavy atom. The van der Waals surface area contributed by atoms with Crippen molar-refractivity contribution in [2.24, 2.45) is 11.8 Å². The van der Waals surface area contributed by atoms with E-state index in [1.165, 1.54) is 4.90 Å². The molecule has 96 valence electrons. The molecule has 0 radical (unpaired) electrons. The molecular weight excluding hydrogens is 238 g/mol. The Kier molecular flexibility index (Phi) is 2.63. The molecule has 2 aliphatic rings. The van der Waals surface area contributed by atoms with Crippen molar-refractivity contribution < 1.29 is 9.59 Å². The number of carbonyl (C=O) groups excluding carboxylic acids is 2. The smallest absolute Gasteiger partial charge is 0.242 e. The summed E-state index contributed by atoms with van der Waals surface area (Å²) in [7, 11) is 0. The Hall–Kier alpha value is -2.16. The summed E-state index contributed by atoms with van der Waals surface area (Å²) < 4.78 is 0. The third kappa shape index (κ3) is 1.65. The van der Waals surface area contributed by atoms with Gasteiger partial charge in [0.1, 0.15) is 0 Å². The maximum absolute atomic E-state index is 12.5. The molecule has 1 saturated heterocycles. The normalized spacial score (nSPS) is 26.1. The summed E-state index contributed by atoms with van der Waals surface area (Å²) >= 11 is 0. The van der Waals surface area contributed by atoms with Crippen LogP contribution >= 0.6 is 0 Å². The maximum atomic E-state index is 12.5. The predicted octanol–water partition coefficient (Wildman–Crippen LogP) is 2.70. The van der Waals surface area contributed by atoms with Crippen molar-refractivity contribution in [2.75, 3.05) is 4.90 Å². The quantitative estimate of drug-likeness (QED) is 0.722. The van der Waals surface area contributed by atoms with E-state index in [0.29, 0.717) is 5.69 Å². The average molecular weight is 253 g/mol. The van der Waals surface area contributed by atoms with Crippen molar-refractivity contribution in [3.8, 4) is 0 Å². The van der Waals surface area contributed by atoms with Gasteiger partial charge >= 0.3 is 0 Å². The highest BCUT2D eigenvalue weighted by molar-refractivity contribution is 6.23. The molecule has 2 unspecified atom stereocenters. The molecule has 3 nitrogen and oxygen atoms in total. The fourth-order valence-corrected chi connectivity index (χ4v) is 2.89. The van der Waals surface area contributed by atoms with E-state index in [1.54, 1.807) is 12.1 Å². The molecule has 1 aromatic carbocycles. The minimum Gasteiger partial charge on any atom is -0.273 e. The number of para-hydroxylation sites is 1. The molecule has 0 N–H and O–H groups in total. The summed E-state index contributed by atoms with van der Waals surface area (Å²) in [6, 6.07) is 9.14. The van der Waals surface area contributed by atoms with E-state index in [-0.39, 0.29) is 23.7 Å². The summed E-state index contributed by atoms with van der Waals surface area (Å²) in [6.07, 6.45) is 3.88. The Labute approximate surface area is 112 Å². The number of amides is 2. The van der Waals surface area contributed by atoms with Gasteiger partial charge < -0.3 is 0 Å². The van der Waals surface area contributed by atoms with Gasteiger partial charge in [-0.05, 0) is 26.0 Å². The van der Waals surface area contributed by atoms with Crippen LogP contribution in [0.2, 0.25) is 0 Å². The zero-order valence-electron chi connectivity index (χ0n) is 11.0. The summed E-state index contributed by atoms with van der Waals surface area (Å²) in [4.78, 5) is 26.4. The number of carbonyl (C=O) groups is 2. The fourth-order valence-electron chi connectivity index (χ4n) is 2.89. The highest BCUT2D eigenvalue weighted by atomic mass is 16.2. The molecule has 0 aromatic heterocycles. The summed E-state index contributed by atoms with van der Waals surface area (Å²) in [5.41, 5.74) is 2.59. The lowest BCUT2D eigenvalue weighted by Gasteiger charge is -2.19. The minimum atomic E-state index is -0.322. The molecule has 1 aliphatic carbocycles. The van der Waals surface area contributed by atoms with Crippen LogP contribution in [0, 0.1) is 11.8 Å². The summed E-state index contributed by atoms with van der Waals surface area (Å²) in [5, 5.41) is 0. The van der Waals surface area contributed by atoms with Crippen molar-refractivity contribution in [3.05, 3.63) is 53.6 Å². The number of fused-ring (bicyclic) bond motifs is 1. The second-order valence-corrected chi connectivity index (χ2v) is 5.12. The van der Waals surface area contributed by atoms with Crippen LogP contribution in [0.3, 0.4) is 0 Å². The van der Waals surface area contributed by atoms with E-state index in [4.69, 9.17) is 0 Å². The lowest BCUT2D eigenvalue weighted by atomic mass is 9.80. The van der Waals surface area contributed by atoms with Crippen LogP contribution in [0.15, 0.2) is 53.6 Å². The van der Waals surface area contributed by atoms with E-state index in [1.807, 2.05) is 44.2 Å². The van der Waals surface area contributed by atoms with Crippen molar-refractivity contribution in [1.29, 1.82) is 0 Å². The van der Waals surface area contributed by atoms with Crippen LogP contribution in [-0.2, 0) is 9.59 Å². The Morgan fingerprint density at radius 2 is 1.32 bits per heavy atom. The van der Waals surface area contributed by atoms with Gasteiger partial charge in [-0.25, -0.2) is 4.90 Å². The first-order chi connectivity index (χ1) is 9.11. The first-order valence-corrected chi connectivity index (χ1v) is 6.39. The molecule has 1 fully saturated rings. The fraction of sp³-hybridized carbons (Fsp3) is 0.250. The van der Waals surface area contributed by atoms with E-state index in [9.17, 15) is 9.59 Å². The van der Waals surface area contributed by atoms with E-state index >= 15 is 0 Å². The molecule has 1 heterocycles. The highest BCUT2D eigenvalue weighted by Crippen LogP contribution is 2.40. The molecular formula is C16H15NO2. The molecule has 2 amide bonds. The molecule has 0 bridgehead atoms. The van der Waals surface area contributed by atoms with Crippen LogP contribution in [0.4, 0.5) is 5.69 Å². The first-order valence-electron chi connectivity index (χ1n) is 6.39. The number of anilines is 1. The molecule has 0 saturated carbocycles. The van der Waals surface area contributed by atoms with Gasteiger partial charge in [0.05, 0.1) is 17.5 Å². The second-order valence-electron chi connectivity index (χ2n) is 5.12. The lowest BCUT2D eigenvalue weighted by Crippen LogP contribution is -2.30. The van der Waals surface area contributed by atoms with Gasteiger partial charge in [-0.2, -0.15) is 0 Å². The molecule has 2 atom stereocenters. The van der Waals surface area contributed by atoms with E-state index in [2.05, 4.69) is 0 Å². The number of imide groups is 1. The number of allylic oxidation sites excluding steroid dienone is 2. The van der Waals surface area contributed by atoms with E-state index in [0.717, 1.165) is 11.1 Å². The monoisotopic (exact) mass is 253 g/mol. The van der Waals surface area contributed by atoms with E-state index < -0.39 is 0 Å². The summed E-state index contributed by atoms with van der Waals surface area (Å²) in [6.45, 7) is 3.83. The van der Waals surface area contributed by atoms with Crippen molar-refractivity contribution in [3.63, 3.8) is 0 Å². The third-order valence-electron chi connectivity index (χ3n) is 3.91. The van der Waals surface area contributed by atoms with Crippen LogP contribution < -0.4 is 4.90 Å².